The van der Waals surface area contributed by atoms with Crippen LogP contribution in [-0.4, -0.2) is 18.4 Å². The van der Waals surface area contributed by atoms with Gasteiger partial charge in [-0.25, -0.2) is 4.98 Å². The SMILES string of the molecule is CO/C(C=O)=C(\C)c1cnc(-c2ccccc2)o1. The highest BCUT2D eigenvalue weighted by Crippen LogP contribution is 2.24. The normalized spacial score (nSPS) is 11.9. The van der Waals surface area contributed by atoms with Gasteiger partial charge in [-0.05, 0) is 19.1 Å². The second-order valence-electron chi connectivity index (χ2n) is 3.71. The average molecular weight is 243 g/mol. The molecule has 2 aromatic rings. The number of ether oxygens (including phenoxy) is 1. The number of benzene rings is 1. The molecule has 0 aliphatic rings. The van der Waals surface area contributed by atoms with Gasteiger partial charge in [0.15, 0.2) is 17.8 Å². The van der Waals surface area contributed by atoms with Crippen molar-refractivity contribution in [3.63, 3.8) is 0 Å². The molecule has 0 aliphatic carbocycles. The maximum atomic E-state index is 10.8. The fraction of sp³-hybridized carbons (Fsp3) is 0.143. The summed E-state index contributed by atoms with van der Waals surface area (Å²) in [5.41, 5.74) is 1.52. The third kappa shape index (κ3) is 2.32. The second-order valence-corrected chi connectivity index (χ2v) is 3.71. The molecule has 2 rings (SSSR count). The van der Waals surface area contributed by atoms with E-state index >= 15 is 0 Å². The van der Waals surface area contributed by atoms with Crippen LogP contribution in [0.3, 0.4) is 0 Å². The largest absolute Gasteiger partial charge is 0.493 e. The van der Waals surface area contributed by atoms with E-state index in [0.29, 0.717) is 23.5 Å². The average Bonchev–Trinajstić information content (AvgIpc) is 2.90. The molecule has 4 heteroatoms. The number of nitrogens with zero attached hydrogens (tertiary/aromatic N) is 1. The van der Waals surface area contributed by atoms with Crippen molar-refractivity contribution in [1.82, 2.24) is 4.98 Å². The first-order valence-corrected chi connectivity index (χ1v) is 5.48. The van der Waals surface area contributed by atoms with Gasteiger partial charge in [0.1, 0.15) is 0 Å². The van der Waals surface area contributed by atoms with Gasteiger partial charge in [0, 0.05) is 11.1 Å². The Bertz CT molecular complexity index is 570. The number of aldehydes is 1. The van der Waals surface area contributed by atoms with Crippen LogP contribution < -0.4 is 0 Å². The van der Waals surface area contributed by atoms with Crippen molar-refractivity contribution < 1.29 is 13.9 Å². The summed E-state index contributed by atoms with van der Waals surface area (Å²) < 4.78 is 10.6. The molecule has 1 heterocycles. The highest BCUT2D eigenvalue weighted by atomic mass is 16.5. The molecule has 0 aliphatic heterocycles. The smallest absolute Gasteiger partial charge is 0.226 e. The van der Waals surface area contributed by atoms with Crippen LogP contribution in [0.5, 0.6) is 0 Å². The lowest BCUT2D eigenvalue weighted by Gasteiger charge is -2.01. The number of carbonyl (C=O) groups is 1. The summed E-state index contributed by atoms with van der Waals surface area (Å²) in [5.74, 6) is 1.29. The maximum Gasteiger partial charge on any atom is 0.226 e. The van der Waals surface area contributed by atoms with Gasteiger partial charge in [-0.15, -0.1) is 0 Å². The molecule has 4 nitrogen and oxygen atoms in total. The summed E-state index contributed by atoms with van der Waals surface area (Å²) in [5, 5.41) is 0. The molecule has 0 unspecified atom stereocenters. The quantitative estimate of drug-likeness (QED) is 0.470. The zero-order valence-corrected chi connectivity index (χ0v) is 10.2. The molecule has 0 saturated heterocycles. The lowest BCUT2D eigenvalue weighted by atomic mass is 10.2. The lowest BCUT2D eigenvalue weighted by Crippen LogP contribution is -1.91. The second kappa shape index (κ2) is 5.31. The van der Waals surface area contributed by atoms with E-state index in [1.54, 1.807) is 13.1 Å². The van der Waals surface area contributed by atoms with Gasteiger partial charge in [-0.1, -0.05) is 18.2 Å². The van der Waals surface area contributed by atoms with Crippen molar-refractivity contribution in [2.75, 3.05) is 7.11 Å². The molecule has 0 spiro atoms. The molecule has 18 heavy (non-hydrogen) atoms. The number of carbonyl (C=O) groups excluding carboxylic acids is 1. The first-order chi connectivity index (χ1) is 8.76. The van der Waals surface area contributed by atoms with Crippen LogP contribution >= 0.6 is 0 Å². The summed E-state index contributed by atoms with van der Waals surface area (Å²) in [6.45, 7) is 1.75. The van der Waals surface area contributed by atoms with Gasteiger partial charge in [-0.3, -0.25) is 4.79 Å². The van der Waals surface area contributed by atoms with E-state index in [1.807, 2.05) is 30.3 Å². The van der Waals surface area contributed by atoms with E-state index in [4.69, 9.17) is 9.15 Å². The minimum atomic E-state index is 0.241. The van der Waals surface area contributed by atoms with Crippen LogP contribution in [0.4, 0.5) is 0 Å². The third-order valence-electron chi connectivity index (χ3n) is 2.59. The highest BCUT2D eigenvalue weighted by Gasteiger charge is 2.11. The van der Waals surface area contributed by atoms with Crippen LogP contribution in [0.25, 0.3) is 17.0 Å². The standard InChI is InChI=1S/C14H13NO3/c1-10(13(9-16)17-2)12-8-15-14(18-12)11-6-4-3-5-7-11/h3-9H,1-2H3/b13-10+. The lowest BCUT2D eigenvalue weighted by molar-refractivity contribution is -0.107. The van der Waals surface area contributed by atoms with E-state index in [-0.39, 0.29) is 5.76 Å². The molecule has 0 atom stereocenters. The minimum absolute atomic E-state index is 0.241. The van der Waals surface area contributed by atoms with E-state index in [9.17, 15) is 4.79 Å². The van der Waals surface area contributed by atoms with Gasteiger partial charge < -0.3 is 9.15 Å². The minimum Gasteiger partial charge on any atom is -0.493 e. The fourth-order valence-electron chi connectivity index (χ4n) is 1.57. The molecule has 0 N–H and O–H groups in total. The van der Waals surface area contributed by atoms with Crippen LogP contribution in [0.2, 0.25) is 0 Å². The van der Waals surface area contributed by atoms with Crippen LogP contribution in [0.15, 0.2) is 46.7 Å². The number of hydrogen-bond acceptors (Lipinski definition) is 4. The van der Waals surface area contributed by atoms with E-state index in [1.165, 1.54) is 7.11 Å². The monoisotopic (exact) mass is 243 g/mol. The van der Waals surface area contributed by atoms with Crippen LogP contribution in [-0.2, 0) is 9.53 Å². The van der Waals surface area contributed by atoms with Gasteiger partial charge in [0.05, 0.1) is 13.3 Å². The number of oxazole rings is 1. The molecule has 1 aromatic heterocycles. The van der Waals surface area contributed by atoms with Gasteiger partial charge >= 0.3 is 0 Å². The summed E-state index contributed by atoms with van der Waals surface area (Å²) in [6.07, 6.45) is 2.24. The molecule has 0 amide bonds. The van der Waals surface area contributed by atoms with Gasteiger partial charge in [-0.2, -0.15) is 0 Å². The van der Waals surface area contributed by atoms with Crippen molar-refractivity contribution in [2.45, 2.75) is 6.92 Å². The van der Waals surface area contributed by atoms with Crippen molar-refractivity contribution in [3.05, 3.63) is 48.0 Å². The van der Waals surface area contributed by atoms with E-state index in [2.05, 4.69) is 4.98 Å². The Hall–Kier alpha value is -2.36. The molecule has 92 valence electrons. The highest BCUT2D eigenvalue weighted by molar-refractivity contribution is 5.83. The first-order valence-electron chi connectivity index (χ1n) is 5.48. The topological polar surface area (TPSA) is 52.3 Å². The zero-order valence-electron chi connectivity index (χ0n) is 10.2. The van der Waals surface area contributed by atoms with Gasteiger partial charge in [0.2, 0.25) is 5.89 Å². The zero-order chi connectivity index (χ0) is 13.0. The van der Waals surface area contributed by atoms with Crippen LogP contribution in [0.1, 0.15) is 12.7 Å². The maximum absolute atomic E-state index is 10.8. The fourth-order valence-corrected chi connectivity index (χ4v) is 1.57. The number of methoxy groups -OCH3 is 1. The summed E-state index contributed by atoms with van der Waals surface area (Å²) in [4.78, 5) is 15.0. The Morgan fingerprint density at radius 3 is 2.67 bits per heavy atom. The molecule has 1 aromatic carbocycles. The first kappa shape index (κ1) is 12.1. The van der Waals surface area contributed by atoms with Crippen molar-refractivity contribution in [3.8, 4) is 11.5 Å². The number of rotatable bonds is 4. The summed E-state index contributed by atoms with van der Waals surface area (Å²) >= 11 is 0. The molecule has 0 bridgehead atoms. The molecule has 0 saturated carbocycles. The van der Waals surface area contributed by atoms with Gasteiger partial charge in [0.25, 0.3) is 0 Å². The molecule has 0 radical (unpaired) electrons. The predicted octanol–water partition coefficient (Wildman–Crippen LogP) is 2.92. The Kier molecular flexibility index (Phi) is 3.57. The van der Waals surface area contributed by atoms with Crippen molar-refractivity contribution >= 4 is 11.9 Å². The van der Waals surface area contributed by atoms with Crippen LogP contribution in [0, 0.1) is 0 Å². The Morgan fingerprint density at radius 1 is 1.33 bits per heavy atom. The molecular formula is C14H13NO3. The third-order valence-corrected chi connectivity index (χ3v) is 2.59. The summed E-state index contributed by atoms with van der Waals surface area (Å²) in [6, 6.07) is 9.56. The molecule has 0 fully saturated rings. The Morgan fingerprint density at radius 2 is 2.06 bits per heavy atom. The Balaban J connectivity index is 2.37. The van der Waals surface area contributed by atoms with Crippen molar-refractivity contribution in [1.29, 1.82) is 0 Å². The van der Waals surface area contributed by atoms with E-state index < -0.39 is 0 Å². The number of allylic oxidation sites excluding steroid dienone is 2. The molecular weight excluding hydrogens is 230 g/mol. The summed E-state index contributed by atoms with van der Waals surface area (Å²) in [7, 11) is 1.45. The van der Waals surface area contributed by atoms with E-state index in [0.717, 1.165) is 5.56 Å². The number of hydrogen-bond donors (Lipinski definition) is 0. The Labute approximate surface area is 105 Å². The van der Waals surface area contributed by atoms with Crippen molar-refractivity contribution in [2.24, 2.45) is 0 Å². The predicted molar refractivity (Wildman–Crippen MR) is 67.6 cm³/mol. The number of aromatic nitrogens is 1.